The fourth-order valence-corrected chi connectivity index (χ4v) is 3.14. The molecule has 1 N–H and O–H groups in total. The molecule has 0 heterocycles. The van der Waals surface area contributed by atoms with Crippen molar-refractivity contribution in [3.63, 3.8) is 0 Å². The molecule has 0 aliphatic heterocycles. The Labute approximate surface area is 107 Å². The van der Waals surface area contributed by atoms with Crippen molar-refractivity contribution in [3.05, 3.63) is 28.2 Å². The highest BCUT2D eigenvalue weighted by Crippen LogP contribution is 2.32. The molecule has 2 heteroatoms. The van der Waals surface area contributed by atoms with Crippen LogP contribution in [0.15, 0.2) is 22.7 Å². The van der Waals surface area contributed by atoms with Gasteiger partial charge in [-0.05, 0) is 65.7 Å². The van der Waals surface area contributed by atoms with E-state index in [1.807, 2.05) is 0 Å². The summed E-state index contributed by atoms with van der Waals surface area (Å²) in [7, 11) is 0. The number of anilines is 1. The van der Waals surface area contributed by atoms with E-state index in [1.54, 1.807) is 0 Å². The summed E-state index contributed by atoms with van der Waals surface area (Å²) >= 11 is 3.62. The molecule has 0 radical (unpaired) electrons. The molecule has 88 valence electrons. The van der Waals surface area contributed by atoms with E-state index in [0.717, 1.165) is 5.92 Å². The molecular weight excluding hydrogens is 262 g/mol. The summed E-state index contributed by atoms with van der Waals surface area (Å²) in [5.41, 5.74) is 2.54. The molecule has 0 amide bonds. The van der Waals surface area contributed by atoms with Crippen molar-refractivity contribution in [1.82, 2.24) is 0 Å². The second-order valence-electron chi connectivity index (χ2n) is 4.91. The number of hydrogen-bond donors (Lipinski definition) is 1. The Hall–Kier alpha value is -0.500. The zero-order chi connectivity index (χ0) is 11.5. The first kappa shape index (κ1) is 12.0. The standard InChI is InChI=1S/C14H20BrN/c1-3-11-5-6-12(9-11)16-14-7-4-10(2)8-13(14)15/h4,7-8,11-12,16H,3,5-6,9H2,1-2H3. The van der Waals surface area contributed by atoms with Crippen LogP contribution < -0.4 is 5.32 Å². The van der Waals surface area contributed by atoms with Crippen LogP contribution in [0.5, 0.6) is 0 Å². The van der Waals surface area contributed by atoms with Crippen molar-refractivity contribution in [2.45, 2.75) is 45.6 Å². The van der Waals surface area contributed by atoms with Crippen LogP contribution in [0.25, 0.3) is 0 Å². The van der Waals surface area contributed by atoms with Gasteiger partial charge in [0.1, 0.15) is 0 Å². The van der Waals surface area contributed by atoms with Gasteiger partial charge in [0.25, 0.3) is 0 Å². The van der Waals surface area contributed by atoms with E-state index in [-0.39, 0.29) is 0 Å². The predicted molar refractivity (Wildman–Crippen MR) is 73.9 cm³/mol. The number of rotatable bonds is 3. The van der Waals surface area contributed by atoms with Gasteiger partial charge in [0, 0.05) is 16.2 Å². The molecule has 1 aromatic rings. The molecule has 1 aromatic carbocycles. The fraction of sp³-hybridized carbons (Fsp3) is 0.571. The maximum atomic E-state index is 3.65. The van der Waals surface area contributed by atoms with Crippen LogP contribution in [0.2, 0.25) is 0 Å². The lowest BCUT2D eigenvalue weighted by Gasteiger charge is -2.16. The molecule has 0 spiro atoms. The monoisotopic (exact) mass is 281 g/mol. The van der Waals surface area contributed by atoms with Gasteiger partial charge >= 0.3 is 0 Å². The van der Waals surface area contributed by atoms with E-state index in [0.29, 0.717) is 6.04 Å². The number of aryl methyl sites for hydroxylation is 1. The van der Waals surface area contributed by atoms with E-state index in [9.17, 15) is 0 Å². The van der Waals surface area contributed by atoms with Crippen molar-refractivity contribution in [2.75, 3.05) is 5.32 Å². The summed E-state index contributed by atoms with van der Waals surface area (Å²) in [6, 6.07) is 7.19. The highest BCUT2D eigenvalue weighted by atomic mass is 79.9. The molecule has 1 nitrogen and oxygen atoms in total. The van der Waals surface area contributed by atoms with Gasteiger partial charge in [-0.2, -0.15) is 0 Å². The van der Waals surface area contributed by atoms with Gasteiger partial charge in [-0.1, -0.05) is 19.4 Å². The van der Waals surface area contributed by atoms with Crippen molar-refractivity contribution in [1.29, 1.82) is 0 Å². The van der Waals surface area contributed by atoms with Crippen molar-refractivity contribution in [3.8, 4) is 0 Å². The summed E-state index contributed by atoms with van der Waals surface area (Å²) in [5, 5.41) is 3.65. The normalized spacial score (nSPS) is 24.7. The third-order valence-electron chi connectivity index (χ3n) is 3.60. The first-order chi connectivity index (χ1) is 7.69. The predicted octanol–water partition coefficient (Wildman–Crippen LogP) is 4.75. The number of benzene rings is 1. The average molecular weight is 282 g/mol. The Bertz CT molecular complexity index is 362. The van der Waals surface area contributed by atoms with Crippen molar-refractivity contribution in [2.24, 2.45) is 5.92 Å². The molecule has 16 heavy (non-hydrogen) atoms. The number of hydrogen-bond acceptors (Lipinski definition) is 1. The molecule has 1 saturated carbocycles. The first-order valence-electron chi connectivity index (χ1n) is 6.21. The summed E-state index contributed by atoms with van der Waals surface area (Å²) in [6.07, 6.45) is 5.36. The fourth-order valence-electron chi connectivity index (χ4n) is 2.53. The van der Waals surface area contributed by atoms with E-state index in [4.69, 9.17) is 0 Å². The molecule has 1 aliphatic rings. The van der Waals surface area contributed by atoms with Gasteiger partial charge in [-0.25, -0.2) is 0 Å². The molecule has 0 aromatic heterocycles. The van der Waals surface area contributed by atoms with Crippen molar-refractivity contribution >= 4 is 21.6 Å². The van der Waals surface area contributed by atoms with Crippen LogP contribution in [0.3, 0.4) is 0 Å². The van der Waals surface area contributed by atoms with Crippen LogP contribution in [0.4, 0.5) is 5.69 Å². The van der Waals surface area contributed by atoms with Gasteiger partial charge < -0.3 is 5.32 Å². The Morgan fingerprint density at radius 2 is 2.19 bits per heavy atom. The van der Waals surface area contributed by atoms with Gasteiger partial charge in [0.15, 0.2) is 0 Å². The highest BCUT2D eigenvalue weighted by molar-refractivity contribution is 9.10. The molecule has 1 fully saturated rings. The number of nitrogens with one attached hydrogen (secondary N) is 1. The third-order valence-corrected chi connectivity index (χ3v) is 4.26. The Balaban J connectivity index is 1.99. The lowest BCUT2D eigenvalue weighted by Crippen LogP contribution is -2.15. The van der Waals surface area contributed by atoms with Crippen LogP contribution >= 0.6 is 15.9 Å². The van der Waals surface area contributed by atoms with Crippen molar-refractivity contribution < 1.29 is 0 Å². The highest BCUT2D eigenvalue weighted by Gasteiger charge is 2.23. The van der Waals surface area contributed by atoms with Crippen LogP contribution in [0.1, 0.15) is 38.2 Å². The molecule has 2 atom stereocenters. The third kappa shape index (κ3) is 2.79. The molecule has 2 rings (SSSR count). The summed E-state index contributed by atoms with van der Waals surface area (Å²) in [5.74, 6) is 0.932. The SMILES string of the molecule is CCC1CCC(Nc2ccc(C)cc2Br)C1. The lowest BCUT2D eigenvalue weighted by molar-refractivity contribution is 0.525. The van der Waals surface area contributed by atoms with E-state index >= 15 is 0 Å². The van der Waals surface area contributed by atoms with E-state index in [2.05, 4.69) is 53.3 Å². The lowest BCUT2D eigenvalue weighted by atomic mass is 10.1. The molecular formula is C14H20BrN. The number of halogens is 1. The Kier molecular flexibility index (Phi) is 3.91. The smallest absolute Gasteiger partial charge is 0.0486 e. The average Bonchev–Trinajstić information content (AvgIpc) is 2.70. The largest absolute Gasteiger partial charge is 0.381 e. The minimum Gasteiger partial charge on any atom is -0.381 e. The van der Waals surface area contributed by atoms with E-state index in [1.165, 1.54) is 41.4 Å². The van der Waals surface area contributed by atoms with Gasteiger partial charge in [0.2, 0.25) is 0 Å². The second kappa shape index (κ2) is 5.22. The molecule has 0 saturated heterocycles. The van der Waals surface area contributed by atoms with Gasteiger partial charge in [-0.3, -0.25) is 0 Å². The summed E-state index contributed by atoms with van der Waals surface area (Å²) in [4.78, 5) is 0. The summed E-state index contributed by atoms with van der Waals surface area (Å²) in [6.45, 7) is 4.42. The molecule has 2 unspecified atom stereocenters. The Morgan fingerprint density at radius 1 is 1.38 bits per heavy atom. The van der Waals surface area contributed by atoms with E-state index < -0.39 is 0 Å². The quantitative estimate of drug-likeness (QED) is 0.843. The van der Waals surface area contributed by atoms with Crippen LogP contribution in [-0.2, 0) is 0 Å². The minimum atomic E-state index is 0.670. The first-order valence-corrected chi connectivity index (χ1v) is 7.01. The van der Waals surface area contributed by atoms with Crippen LogP contribution in [-0.4, -0.2) is 6.04 Å². The van der Waals surface area contributed by atoms with Crippen LogP contribution in [0, 0.1) is 12.8 Å². The minimum absolute atomic E-state index is 0.670. The Morgan fingerprint density at radius 3 is 2.81 bits per heavy atom. The zero-order valence-electron chi connectivity index (χ0n) is 10.1. The maximum absolute atomic E-state index is 3.65. The summed E-state index contributed by atoms with van der Waals surface area (Å²) < 4.78 is 1.19. The topological polar surface area (TPSA) is 12.0 Å². The second-order valence-corrected chi connectivity index (χ2v) is 5.77. The maximum Gasteiger partial charge on any atom is 0.0486 e. The zero-order valence-corrected chi connectivity index (χ0v) is 11.7. The van der Waals surface area contributed by atoms with Gasteiger partial charge in [0.05, 0.1) is 0 Å². The molecule has 1 aliphatic carbocycles. The van der Waals surface area contributed by atoms with Gasteiger partial charge in [-0.15, -0.1) is 0 Å². The molecule has 0 bridgehead atoms.